The van der Waals surface area contributed by atoms with Crippen LogP contribution in [0, 0.1) is 6.92 Å². The van der Waals surface area contributed by atoms with Crippen LogP contribution in [0.25, 0.3) is 0 Å². The molecule has 0 aliphatic rings. The van der Waals surface area contributed by atoms with Gasteiger partial charge in [-0.1, -0.05) is 29.8 Å². The van der Waals surface area contributed by atoms with Gasteiger partial charge in [0.1, 0.15) is 5.75 Å². The zero-order valence-corrected chi connectivity index (χ0v) is 18.0. The first kappa shape index (κ1) is 21.5. The van der Waals surface area contributed by atoms with Crippen molar-refractivity contribution in [1.29, 1.82) is 0 Å². The number of hydrogen-bond donors (Lipinski definition) is 2. The highest BCUT2D eigenvalue weighted by Gasteiger charge is 2.15. The van der Waals surface area contributed by atoms with Gasteiger partial charge in [0.2, 0.25) is 5.91 Å². The molecule has 0 aromatic heterocycles. The summed E-state index contributed by atoms with van der Waals surface area (Å²) >= 11 is 1.51. The Morgan fingerprint density at radius 3 is 2.37 bits per heavy atom. The second-order valence-electron chi connectivity index (χ2n) is 6.80. The van der Waals surface area contributed by atoms with E-state index in [0.29, 0.717) is 22.7 Å². The molecule has 6 heteroatoms. The van der Waals surface area contributed by atoms with Crippen LogP contribution in [0.15, 0.2) is 77.7 Å². The third-order valence-corrected chi connectivity index (χ3v) is 5.54. The molecule has 0 bridgehead atoms. The zero-order valence-electron chi connectivity index (χ0n) is 17.1. The highest BCUT2D eigenvalue weighted by molar-refractivity contribution is 8.00. The number of methoxy groups -OCH3 is 1. The lowest BCUT2D eigenvalue weighted by Gasteiger charge is -2.13. The molecule has 154 valence electrons. The lowest BCUT2D eigenvalue weighted by molar-refractivity contribution is -0.115. The molecule has 0 spiro atoms. The molecule has 3 aromatic rings. The lowest BCUT2D eigenvalue weighted by atomic mass is 10.2. The van der Waals surface area contributed by atoms with Crippen LogP contribution in [0.5, 0.6) is 5.75 Å². The number of nitrogens with one attached hydrogen (secondary N) is 2. The molecule has 2 amide bonds. The second-order valence-corrected chi connectivity index (χ2v) is 8.21. The summed E-state index contributed by atoms with van der Waals surface area (Å²) in [5.74, 6) is 0.253. The second kappa shape index (κ2) is 9.98. The van der Waals surface area contributed by atoms with E-state index in [1.165, 1.54) is 11.8 Å². The van der Waals surface area contributed by atoms with Crippen molar-refractivity contribution < 1.29 is 14.3 Å². The van der Waals surface area contributed by atoms with Crippen LogP contribution in [-0.2, 0) is 4.79 Å². The van der Waals surface area contributed by atoms with Crippen molar-refractivity contribution in [3.8, 4) is 5.75 Å². The predicted molar refractivity (Wildman–Crippen MR) is 123 cm³/mol. The summed E-state index contributed by atoms with van der Waals surface area (Å²) in [6, 6.07) is 22.1. The Hall–Kier alpha value is -3.25. The minimum atomic E-state index is -0.250. The van der Waals surface area contributed by atoms with E-state index in [-0.39, 0.29) is 17.1 Å². The Balaban J connectivity index is 1.59. The van der Waals surface area contributed by atoms with Crippen LogP contribution >= 0.6 is 11.8 Å². The highest BCUT2D eigenvalue weighted by atomic mass is 32.2. The Kier molecular flexibility index (Phi) is 7.14. The van der Waals surface area contributed by atoms with Crippen molar-refractivity contribution in [1.82, 2.24) is 0 Å². The molecular formula is C24H24N2O3S. The Bertz CT molecular complexity index is 1030. The number of ether oxygens (including phenoxy) is 1. The van der Waals surface area contributed by atoms with Crippen LogP contribution in [0.4, 0.5) is 11.4 Å². The summed E-state index contributed by atoms with van der Waals surface area (Å²) < 4.78 is 5.25. The maximum atomic E-state index is 12.5. The third-order valence-electron chi connectivity index (χ3n) is 4.44. The van der Waals surface area contributed by atoms with Crippen molar-refractivity contribution in [3.05, 3.63) is 83.9 Å². The normalized spacial score (nSPS) is 11.4. The number of amides is 2. The van der Waals surface area contributed by atoms with E-state index in [9.17, 15) is 9.59 Å². The molecule has 0 radical (unpaired) electrons. The molecule has 0 aliphatic carbocycles. The number of hydrogen-bond acceptors (Lipinski definition) is 4. The molecule has 1 atom stereocenters. The van der Waals surface area contributed by atoms with E-state index in [4.69, 9.17) is 4.74 Å². The zero-order chi connectivity index (χ0) is 21.5. The fourth-order valence-electron chi connectivity index (χ4n) is 2.84. The van der Waals surface area contributed by atoms with Crippen molar-refractivity contribution in [2.75, 3.05) is 17.7 Å². The van der Waals surface area contributed by atoms with Gasteiger partial charge in [0.05, 0.1) is 18.0 Å². The van der Waals surface area contributed by atoms with Gasteiger partial charge in [-0.25, -0.2) is 0 Å². The van der Waals surface area contributed by atoms with E-state index in [1.807, 2.05) is 44.2 Å². The monoisotopic (exact) mass is 420 g/mol. The number of para-hydroxylation sites is 2. The maximum absolute atomic E-state index is 12.5. The van der Waals surface area contributed by atoms with E-state index < -0.39 is 0 Å². The van der Waals surface area contributed by atoms with Crippen LogP contribution in [0.2, 0.25) is 0 Å². The average molecular weight is 421 g/mol. The molecule has 0 aliphatic heterocycles. The number of aryl methyl sites for hydroxylation is 1. The number of thioether (sulfide) groups is 1. The fraction of sp³-hybridized carbons (Fsp3) is 0.167. The average Bonchev–Trinajstić information content (AvgIpc) is 2.74. The van der Waals surface area contributed by atoms with Crippen LogP contribution in [0.3, 0.4) is 0 Å². The summed E-state index contributed by atoms with van der Waals surface area (Å²) in [6.45, 7) is 3.90. The topological polar surface area (TPSA) is 67.4 Å². The van der Waals surface area contributed by atoms with Crippen molar-refractivity contribution in [2.45, 2.75) is 24.0 Å². The molecule has 0 saturated carbocycles. The number of carbonyl (C=O) groups is 2. The fourth-order valence-corrected chi connectivity index (χ4v) is 3.82. The van der Waals surface area contributed by atoms with Crippen LogP contribution in [-0.4, -0.2) is 24.2 Å². The van der Waals surface area contributed by atoms with Crippen molar-refractivity contribution in [2.24, 2.45) is 0 Å². The predicted octanol–water partition coefficient (Wildman–Crippen LogP) is 5.38. The molecule has 0 fully saturated rings. The van der Waals surface area contributed by atoms with Gasteiger partial charge in [-0.05, 0) is 62.4 Å². The molecule has 1 unspecified atom stereocenters. The standard InChI is InChI=1S/C24H24N2O3S/c1-16-7-6-8-20(15-16)30-17(2)23(27)25-19-13-11-18(12-14-19)24(28)26-21-9-4-5-10-22(21)29-3/h4-15,17H,1-3H3,(H,25,27)(H,26,28). The van der Waals surface area contributed by atoms with Gasteiger partial charge in [-0.15, -0.1) is 11.8 Å². The van der Waals surface area contributed by atoms with Gasteiger partial charge in [0, 0.05) is 16.1 Å². The highest BCUT2D eigenvalue weighted by Crippen LogP contribution is 2.26. The molecule has 0 saturated heterocycles. The van der Waals surface area contributed by atoms with E-state index in [0.717, 1.165) is 10.5 Å². The molecular weight excluding hydrogens is 396 g/mol. The minimum Gasteiger partial charge on any atom is -0.495 e. The Morgan fingerprint density at radius 2 is 1.67 bits per heavy atom. The molecule has 0 heterocycles. The van der Waals surface area contributed by atoms with Crippen molar-refractivity contribution in [3.63, 3.8) is 0 Å². The summed E-state index contributed by atoms with van der Waals surface area (Å²) in [7, 11) is 1.56. The third kappa shape index (κ3) is 5.64. The number of rotatable bonds is 7. The van der Waals surface area contributed by atoms with Gasteiger partial charge in [-0.3, -0.25) is 9.59 Å². The van der Waals surface area contributed by atoms with Gasteiger partial charge < -0.3 is 15.4 Å². The SMILES string of the molecule is COc1ccccc1NC(=O)c1ccc(NC(=O)C(C)Sc2cccc(C)c2)cc1. The van der Waals surface area contributed by atoms with E-state index in [2.05, 4.69) is 16.7 Å². The largest absolute Gasteiger partial charge is 0.495 e. The number of benzene rings is 3. The van der Waals surface area contributed by atoms with Crippen molar-refractivity contribution >= 4 is 35.0 Å². The quantitative estimate of drug-likeness (QED) is 0.504. The van der Waals surface area contributed by atoms with Gasteiger partial charge in [0.15, 0.2) is 0 Å². The molecule has 30 heavy (non-hydrogen) atoms. The number of carbonyl (C=O) groups excluding carboxylic acids is 2. The molecule has 3 aromatic carbocycles. The van der Waals surface area contributed by atoms with Gasteiger partial charge in [-0.2, -0.15) is 0 Å². The number of anilines is 2. The first-order chi connectivity index (χ1) is 14.5. The smallest absolute Gasteiger partial charge is 0.255 e. The summed E-state index contributed by atoms with van der Waals surface area (Å²) in [6.07, 6.45) is 0. The first-order valence-electron chi connectivity index (χ1n) is 9.55. The Labute approximate surface area is 180 Å². The van der Waals surface area contributed by atoms with Crippen LogP contribution < -0.4 is 15.4 Å². The minimum absolute atomic E-state index is 0.0901. The van der Waals surface area contributed by atoms with E-state index in [1.54, 1.807) is 43.5 Å². The van der Waals surface area contributed by atoms with Gasteiger partial charge >= 0.3 is 0 Å². The molecule has 3 rings (SSSR count). The summed E-state index contributed by atoms with van der Waals surface area (Å²) in [5.41, 5.74) is 2.89. The van der Waals surface area contributed by atoms with Crippen LogP contribution in [0.1, 0.15) is 22.8 Å². The molecule has 2 N–H and O–H groups in total. The summed E-state index contributed by atoms with van der Waals surface area (Å²) in [5, 5.41) is 5.48. The Morgan fingerprint density at radius 1 is 0.933 bits per heavy atom. The molecule has 5 nitrogen and oxygen atoms in total. The lowest BCUT2D eigenvalue weighted by Crippen LogP contribution is -2.22. The first-order valence-corrected chi connectivity index (χ1v) is 10.4. The van der Waals surface area contributed by atoms with Gasteiger partial charge in [0.25, 0.3) is 5.91 Å². The summed E-state index contributed by atoms with van der Waals surface area (Å²) in [4.78, 5) is 26.1. The maximum Gasteiger partial charge on any atom is 0.255 e. The van der Waals surface area contributed by atoms with E-state index >= 15 is 0 Å².